The molecule has 82 valence electrons. The predicted molar refractivity (Wildman–Crippen MR) is 60.2 cm³/mol. The maximum Gasteiger partial charge on any atom is 0.244 e. The molecule has 1 heterocycles. The highest BCUT2D eigenvalue weighted by atomic mass is 16.1. The van der Waals surface area contributed by atoms with Crippen molar-refractivity contribution in [3.05, 3.63) is 24.3 Å². The number of imidazole rings is 1. The van der Waals surface area contributed by atoms with E-state index in [0.29, 0.717) is 0 Å². The minimum absolute atomic E-state index is 0.0610. The molecule has 0 bridgehead atoms. The van der Waals surface area contributed by atoms with E-state index in [1.165, 1.54) is 6.08 Å². The fraction of sp³-hybridized carbons (Fsp3) is 0.455. The molecule has 1 amide bonds. The molecule has 15 heavy (non-hydrogen) atoms. The largest absolute Gasteiger partial charge is 0.353 e. The van der Waals surface area contributed by atoms with Gasteiger partial charge in [-0.25, -0.2) is 4.98 Å². The van der Waals surface area contributed by atoms with Crippen molar-refractivity contribution in [1.82, 2.24) is 14.9 Å². The summed E-state index contributed by atoms with van der Waals surface area (Å²) in [5, 5.41) is 2.80. The highest BCUT2D eigenvalue weighted by Crippen LogP contribution is 1.96. The van der Waals surface area contributed by atoms with Gasteiger partial charge in [-0.1, -0.05) is 13.3 Å². The van der Waals surface area contributed by atoms with Gasteiger partial charge in [0.2, 0.25) is 5.91 Å². The van der Waals surface area contributed by atoms with E-state index in [1.54, 1.807) is 12.4 Å². The van der Waals surface area contributed by atoms with Crippen LogP contribution < -0.4 is 5.32 Å². The summed E-state index contributed by atoms with van der Waals surface area (Å²) in [7, 11) is 1.89. The molecule has 1 aromatic rings. The van der Waals surface area contributed by atoms with Gasteiger partial charge in [-0.3, -0.25) is 4.79 Å². The highest BCUT2D eigenvalue weighted by molar-refractivity contribution is 5.91. The Hall–Kier alpha value is -1.58. The van der Waals surface area contributed by atoms with E-state index in [9.17, 15) is 4.79 Å². The van der Waals surface area contributed by atoms with Crippen molar-refractivity contribution in [3.8, 4) is 0 Å². The zero-order valence-electron chi connectivity index (χ0n) is 9.23. The summed E-state index contributed by atoms with van der Waals surface area (Å²) >= 11 is 0. The number of hydrogen-bond acceptors (Lipinski definition) is 2. The Bertz CT molecular complexity index is 341. The van der Waals surface area contributed by atoms with Crippen LogP contribution in [0.25, 0.3) is 6.08 Å². The molecule has 0 spiro atoms. The number of rotatable bonds is 5. The van der Waals surface area contributed by atoms with Gasteiger partial charge in [0, 0.05) is 25.9 Å². The molecule has 0 fully saturated rings. The molecule has 0 aliphatic carbocycles. The number of carbonyl (C=O) groups is 1. The van der Waals surface area contributed by atoms with Crippen molar-refractivity contribution in [2.24, 2.45) is 7.05 Å². The van der Waals surface area contributed by atoms with Crippen molar-refractivity contribution >= 4 is 12.0 Å². The zero-order chi connectivity index (χ0) is 11.1. The third-order valence-corrected chi connectivity index (χ3v) is 1.96. The Morgan fingerprint density at radius 1 is 1.67 bits per heavy atom. The molecule has 0 aromatic carbocycles. The number of hydrogen-bond donors (Lipinski definition) is 1. The monoisotopic (exact) mass is 207 g/mol. The molecule has 1 N–H and O–H groups in total. The zero-order valence-corrected chi connectivity index (χ0v) is 9.23. The van der Waals surface area contributed by atoms with Crippen LogP contribution in [0.4, 0.5) is 0 Å². The Kier molecular flexibility index (Phi) is 4.60. The lowest BCUT2D eigenvalue weighted by molar-refractivity contribution is -0.116. The van der Waals surface area contributed by atoms with Gasteiger partial charge in [-0.2, -0.15) is 0 Å². The Morgan fingerprint density at radius 3 is 3.07 bits per heavy atom. The molecule has 0 aliphatic rings. The predicted octanol–water partition coefficient (Wildman–Crippen LogP) is 1.35. The second kappa shape index (κ2) is 6.01. The SMILES string of the molecule is CCCCNC(=O)C=Cc1cn(C)cn1. The van der Waals surface area contributed by atoms with Gasteiger partial charge in [0.15, 0.2) is 0 Å². The van der Waals surface area contributed by atoms with Gasteiger partial charge in [-0.05, 0) is 12.5 Å². The topological polar surface area (TPSA) is 46.9 Å². The first kappa shape index (κ1) is 11.5. The number of nitrogens with zero attached hydrogens (tertiary/aromatic N) is 2. The number of nitrogens with one attached hydrogen (secondary N) is 1. The molecule has 1 rings (SSSR count). The summed E-state index contributed by atoms with van der Waals surface area (Å²) in [5.74, 6) is -0.0610. The van der Waals surface area contributed by atoms with Crippen LogP contribution in [-0.4, -0.2) is 22.0 Å². The fourth-order valence-corrected chi connectivity index (χ4v) is 1.13. The van der Waals surface area contributed by atoms with Gasteiger partial charge in [0.1, 0.15) is 0 Å². The third kappa shape index (κ3) is 4.44. The van der Waals surface area contributed by atoms with E-state index in [2.05, 4.69) is 17.2 Å². The van der Waals surface area contributed by atoms with Gasteiger partial charge < -0.3 is 9.88 Å². The van der Waals surface area contributed by atoms with E-state index in [1.807, 2.05) is 17.8 Å². The normalized spacial score (nSPS) is 10.8. The molecular weight excluding hydrogens is 190 g/mol. The van der Waals surface area contributed by atoms with E-state index in [0.717, 1.165) is 25.1 Å². The molecule has 0 unspecified atom stereocenters. The van der Waals surface area contributed by atoms with Crippen LogP contribution in [0.1, 0.15) is 25.5 Å². The second-order valence-electron chi connectivity index (χ2n) is 3.44. The first-order valence-electron chi connectivity index (χ1n) is 5.16. The number of amides is 1. The number of unbranched alkanes of at least 4 members (excludes halogenated alkanes) is 1. The summed E-state index contributed by atoms with van der Waals surface area (Å²) in [4.78, 5) is 15.3. The highest BCUT2D eigenvalue weighted by Gasteiger charge is 1.95. The number of carbonyl (C=O) groups excluding carboxylic acids is 1. The molecule has 0 atom stereocenters. The number of aromatic nitrogens is 2. The quantitative estimate of drug-likeness (QED) is 0.585. The van der Waals surface area contributed by atoms with Crippen molar-refractivity contribution in [2.75, 3.05) is 6.54 Å². The van der Waals surface area contributed by atoms with Crippen LogP contribution in [0.15, 0.2) is 18.6 Å². The van der Waals surface area contributed by atoms with E-state index >= 15 is 0 Å². The average Bonchev–Trinajstić information content (AvgIpc) is 2.62. The molecule has 1 aromatic heterocycles. The van der Waals surface area contributed by atoms with Crippen LogP contribution in [-0.2, 0) is 11.8 Å². The van der Waals surface area contributed by atoms with Gasteiger partial charge in [0.25, 0.3) is 0 Å². The van der Waals surface area contributed by atoms with Crippen molar-refractivity contribution in [2.45, 2.75) is 19.8 Å². The minimum atomic E-state index is -0.0610. The smallest absolute Gasteiger partial charge is 0.244 e. The van der Waals surface area contributed by atoms with Crippen LogP contribution in [0, 0.1) is 0 Å². The van der Waals surface area contributed by atoms with Crippen LogP contribution in [0.5, 0.6) is 0 Å². The Morgan fingerprint density at radius 2 is 2.47 bits per heavy atom. The van der Waals surface area contributed by atoms with Gasteiger partial charge in [0.05, 0.1) is 12.0 Å². The Balaban J connectivity index is 2.34. The summed E-state index contributed by atoms with van der Waals surface area (Å²) in [6.45, 7) is 2.83. The molecule has 0 saturated carbocycles. The first-order chi connectivity index (χ1) is 7.22. The van der Waals surface area contributed by atoms with Crippen molar-refractivity contribution in [1.29, 1.82) is 0 Å². The molecule has 0 radical (unpaired) electrons. The van der Waals surface area contributed by atoms with Crippen LogP contribution in [0.2, 0.25) is 0 Å². The molecule has 0 aliphatic heterocycles. The maximum atomic E-state index is 11.3. The lowest BCUT2D eigenvalue weighted by atomic mass is 10.3. The van der Waals surface area contributed by atoms with Crippen molar-refractivity contribution < 1.29 is 4.79 Å². The summed E-state index contributed by atoms with van der Waals surface area (Å²) in [6, 6.07) is 0. The van der Waals surface area contributed by atoms with Crippen LogP contribution in [0.3, 0.4) is 0 Å². The summed E-state index contributed by atoms with van der Waals surface area (Å²) in [5.41, 5.74) is 0.795. The first-order valence-corrected chi connectivity index (χ1v) is 5.16. The van der Waals surface area contributed by atoms with E-state index in [-0.39, 0.29) is 5.91 Å². The molecule has 0 saturated heterocycles. The van der Waals surface area contributed by atoms with Crippen LogP contribution >= 0.6 is 0 Å². The fourth-order valence-electron chi connectivity index (χ4n) is 1.13. The van der Waals surface area contributed by atoms with E-state index in [4.69, 9.17) is 0 Å². The minimum Gasteiger partial charge on any atom is -0.353 e. The Labute approximate surface area is 90.0 Å². The standard InChI is InChI=1S/C11H17N3O/c1-3-4-7-12-11(15)6-5-10-8-14(2)9-13-10/h5-6,8-9H,3-4,7H2,1-2H3,(H,12,15). The maximum absolute atomic E-state index is 11.3. The summed E-state index contributed by atoms with van der Waals surface area (Å²) in [6.07, 6.45) is 8.89. The lowest BCUT2D eigenvalue weighted by Gasteiger charge is -1.98. The lowest BCUT2D eigenvalue weighted by Crippen LogP contribution is -2.21. The molecule has 4 nitrogen and oxygen atoms in total. The number of aryl methyl sites for hydroxylation is 1. The van der Waals surface area contributed by atoms with E-state index < -0.39 is 0 Å². The van der Waals surface area contributed by atoms with Gasteiger partial charge in [-0.15, -0.1) is 0 Å². The van der Waals surface area contributed by atoms with Gasteiger partial charge >= 0.3 is 0 Å². The average molecular weight is 207 g/mol. The summed E-state index contributed by atoms with van der Waals surface area (Å²) < 4.78 is 1.84. The molecular formula is C11H17N3O. The second-order valence-corrected chi connectivity index (χ2v) is 3.44. The molecule has 4 heteroatoms. The third-order valence-electron chi connectivity index (χ3n) is 1.96. The van der Waals surface area contributed by atoms with Crippen molar-refractivity contribution in [3.63, 3.8) is 0 Å².